The molecule has 0 aliphatic carbocycles. The number of quaternary nitrogens is 1. The van der Waals surface area contributed by atoms with Crippen molar-refractivity contribution in [3.05, 3.63) is 0 Å². The topological polar surface area (TPSA) is 20.2 Å². The van der Waals surface area contributed by atoms with Gasteiger partial charge in [-0.15, -0.1) is 0 Å². The summed E-state index contributed by atoms with van der Waals surface area (Å²) in [7, 11) is 6.16. The molecule has 3 heteroatoms. The number of likely N-dealkylation sites (N-methyl/N-ethyl adjacent to an activating group) is 1. The van der Waals surface area contributed by atoms with Crippen LogP contribution in [0.3, 0.4) is 0 Å². The van der Waals surface area contributed by atoms with Crippen molar-refractivity contribution in [1.82, 2.24) is 0 Å². The Balaban J connectivity index is 0. The standard InChI is InChI=1S/C5H14NO.Zn/c1-6(2,3)4-5-7;/h7H,4-5H2,1-3H3;/q+1;. The van der Waals surface area contributed by atoms with Crippen molar-refractivity contribution in [2.45, 2.75) is 0 Å². The Bertz CT molecular complexity index is 50.9. The first kappa shape index (κ1) is 11.4. The second-order valence-electron chi connectivity index (χ2n) is 2.74. The van der Waals surface area contributed by atoms with Crippen LogP contribution in [0.15, 0.2) is 0 Å². The number of aliphatic hydroxyl groups excluding tert-OH is 1. The van der Waals surface area contributed by atoms with Gasteiger partial charge in [-0.2, -0.15) is 0 Å². The molecule has 0 radical (unpaired) electrons. The molecule has 0 fully saturated rings. The predicted molar refractivity (Wildman–Crippen MR) is 30.0 cm³/mol. The van der Waals surface area contributed by atoms with Crippen molar-refractivity contribution in [2.75, 3.05) is 34.3 Å². The van der Waals surface area contributed by atoms with Crippen molar-refractivity contribution in [2.24, 2.45) is 0 Å². The zero-order valence-electron chi connectivity index (χ0n) is 6.02. The molecule has 0 unspecified atom stereocenters. The maximum Gasteiger partial charge on any atom is 0.101 e. The van der Waals surface area contributed by atoms with E-state index in [0.29, 0.717) is 0 Å². The fourth-order valence-corrected chi connectivity index (χ4v) is 0.300. The summed E-state index contributed by atoms with van der Waals surface area (Å²) in [6.07, 6.45) is 0. The first-order chi connectivity index (χ1) is 3.06. The van der Waals surface area contributed by atoms with Gasteiger partial charge in [0.15, 0.2) is 0 Å². The Morgan fingerprint density at radius 2 is 1.62 bits per heavy atom. The average Bonchev–Trinajstić information content (AvgIpc) is 1.30. The number of hydrogen-bond acceptors (Lipinski definition) is 1. The normalized spacial score (nSPS) is 10.5. The van der Waals surface area contributed by atoms with E-state index in [-0.39, 0.29) is 26.1 Å². The van der Waals surface area contributed by atoms with Crippen molar-refractivity contribution in [1.29, 1.82) is 0 Å². The molecule has 0 heterocycles. The van der Waals surface area contributed by atoms with Crippen molar-refractivity contribution >= 4 is 0 Å². The van der Waals surface area contributed by atoms with Gasteiger partial charge >= 0.3 is 0 Å². The van der Waals surface area contributed by atoms with Crippen molar-refractivity contribution in [3.63, 3.8) is 0 Å². The van der Waals surface area contributed by atoms with E-state index in [0.717, 1.165) is 11.0 Å². The fraction of sp³-hybridized carbons (Fsp3) is 1.00. The molecule has 0 bridgehead atoms. The van der Waals surface area contributed by atoms with E-state index < -0.39 is 0 Å². The second kappa shape index (κ2) is 4.42. The van der Waals surface area contributed by atoms with E-state index in [4.69, 9.17) is 5.11 Å². The summed E-state index contributed by atoms with van der Waals surface area (Å²) >= 11 is 0. The third kappa shape index (κ3) is 9.74. The predicted octanol–water partition coefficient (Wildman–Crippen LogP) is -0.318. The van der Waals surface area contributed by atoms with Crippen LogP contribution in [0, 0.1) is 0 Å². The Morgan fingerprint density at radius 1 is 1.25 bits per heavy atom. The molecule has 0 aliphatic heterocycles. The van der Waals surface area contributed by atoms with Crippen LogP contribution in [0.1, 0.15) is 0 Å². The fourth-order valence-electron chi connectivity index (χ4n) is 0.300. The summed E-state index contributed by atoms with van der Waals surface area (Å²) in [5.41, 5.74) is 0. The van der Waals surface area contributed by atoms with Crippen LogP contribution in [-0.4, -0.2) is 43.9 Å². The van der Waals surface area contributed by atoms with Crippen LogP contribution in [-0.2, 0) is 19.5 Å². The van der Waals surface area contributed by atoms with Crippen LogP contribution < -0.4 is 0 Å². The Hall–Kier alpha value is 0.543. The van der Waals surface area contributed by atoms with Crippen LogP contribution >= 0.6 is 0 Å². The monoisotopic (exact) mass is 168 g/mol. The van der Waals surface area contributed by atoms with E-state index >= 15 is 0 Å². The third-order valence-corrected chi connectivity index (χ3v) is 0.771. The summed E-state index contributed by atoms with van der Waals surface area (Å²) in [5.74, 6) is 0. The summed E-state index contributed by atoms with van der Waals surface area (Å²) in [6, 6.07) is 0. The maximum atomic E-state index is 8.39. The van der Waals surface area contributed by atoms with E-state index in [1.165, 1.54) is 0 Å². The zero-order valence-corrected chi connectivity index (χ0v) is 8.98. The van der Waals surface area contributed by atoms with Gasteiger partial charge in [-0.25, -0.2) is 0 Å². The molecule has 0 saturated carbocycles. The van der Waals surface area contributed by atoms with Gasteiger partial charge in [0.25, 0.3) is 0 Å². The van der Waals surface area contributed by atoms with Crippen LogP contribution in [0.25, 0.3) is 0 Å². The third-order valence-electron chi connectivity index (χ3n) is 0.771. The molecular weight excluding hydrogens is 155 g/mol. The first-order valence-corrected chi connectivity index (χ1v) is 2.47. The minimum absolute atomic E-state index is 0. The van der Waals surface area contributed by atoms with Crippen molar-refractivity contribution in [3.8, 4) is 0 Å². The number of rotatable bonds is 2. The Kier molecular flexibility index (Phi) is 6.28. The molecule has 0 atom stereocenters. The second-order valence-corrected chi connectivity index (χ2v) is 2.74. The van der Waals surface area contributed by atoms with Gasteiger partial charge in [-0.05, 0) is 0 Å². The van der Waals surface area contributed by atoms with Gasteiger partial charge in [0.05, 0.1) is 27.7 Å². The van der Waals surface area contributed by atoms with Crippen LogP contribution in [0.5, 0.6) is 0 Å². The van der Waals surface area contributed by atoms with Gasteiger partial charge in [0.2, 0.25) is 0 Å². The van der Waals surface area contributed by atoms with Gasteiger partial charge in [-0.3, -0.25) is 0 Å². The smallest absolute Gasteiger partial charge is 0.101 e. The molecule has 8 heavy (non-hydrogen) atoms. The minimum atomic E-state index is 0. The van der Waals surface area contributed by atoms with Crippen LogP contribution in [0.4, 0.5) is 0 Å². The Morgan fingerprint density at radius 3 is 1.62 bits per heavy atom. The quantitative estimate of drug-likeness (QED) is 0.444. The van der Waals surface area contributed by atoms with Crippen LogP contribution in [0.2, 0.25) is 0 Å². The molecule has 0 aromatic carbocycles. The van der Waals surface area contributed by atoms with E-state index in [2.05, 4.69) is 21.1 Å². The molecule has 2 nitrogen and oxygen atoms in total. The van der Waals surface area contributed by atoms with Crippen molar-refractivity contribution < 1.29 is 29.1 Å². The molecule has 0 aliphatic rings. The number of hydrogen-bond donors (Lipinski definition) is 1. The molecule has 0 amide bonds. The first-order valence-electron chi connectivity index (χ1n) is 2.47. The number of aliphatic hydroxyl groups is 1. The Labute approximate surface area is 63.8 Å². The van der Waals surface area contributed by atoms with E-state index in [1.54, 1.807) is 0 Å². The summed E-state index contributed by atoms with van der Waals surface area (Å²) < 4.78 is 0.844. The average molecular weight is 170 g/mol. The van der Waals surface area contributed by atoms with Gasteiger partial charge in [0.1, 0.15) is 6.54 Å². The molecule has 0 aromatic rings. The molecule has 0 spiro atoms. The molecule has 1 N–H and O–H groups in total. The number of nitrogens with zero attached hydrogens (tertiary/aromatic N) is 1. The molecular formula is C5H14NOZn+. The summed E-state index contributed by atoms with van der Waals surface area (Å²) in [5, 5.41) is 8.39. The van der Waals surface area contributed by atoms with E-state index in [9.17, 15) is 0 Å². The molecule has 0 rings (SSSR count). The zero-order chi connectivity index (χ0) is 5.91. The largest absolute Gasteiger partial charge is 0.391 e. The van der Waals surface area contributed by atoms with Gasteiger partial charge in [0, 0.05) is 19.5 Å². The van der Waals surface area contributed by atoms with E-state index in [1.807, 2.05) is 0 Å². The van der Waals surface area contributed by atoms with Gasteiger partial charge in [-0.1, -0.05) is 0 Å². The SMILES string of the molecule is C[N+](C)(C)CCO.[Zn]. The summed E-state index contributed by atoms with van der Waals surface area (Å²) in [4.78, 5) is 0. The molecule has 0 saturated heterocycles. The summed E-state index contributed by atoms with van der Waals surface area (Å²) in [6.45, 7) is 1.11. The van der Waals surface area contributed by atoms with Gasteiger partial charge < -0.3 is 9.59 Å². The molecule has 46 valence electrons. The maximum absolute atomic E-state index is 8.39. The minimum Gasteiger partial charge on any atom is -0.391 e. The molecule has 0 aromatic heterocycles.